The third kappa shape index (κ3) is 3.74. The zero-order valence-electron chi connectivity index (χ0n) is 13.5. The molecule has 3 rings (SSSR count). The van der Waals surface area contributed by atoms with E-state index in [1.54, 1.807) is 6.07 Å². The highest BCUT2D eigenvalue weighted by Gasteiger charge is 2.26. The average molecular weight is 329 g/mol. The van der Waals surface area contributed by atoms with Gasteiger partial charge in [0.1, 0.15) is 18.2 Å². The van der Waals surface area contributed by atoms with Crippen LogP contribution in [0.4, 0.5) is 4.39 Å². The minimum atomic E-state index is -0.761. The molecule has 1 heterocycles. The molecule has 0 radical (unpaired) electrons. The molecule has 0 spiro atoms. The molecule has 1 aliphatic heterocycles. The Morgan fingerprint density at radius 1 is 1.38 bits per heavy atom. The van der Waals surface area contributed by atoms with Crippen molar-refractivity contribution in [1.82, 2.24) is 5.32 Å². The summed E-state index contributed by atoms with van der Waals surface area (Å²) < 4.78 is 18.8. The Balaban J connectivity index is 1.58. The van der Waals surface area contributed by atoms with E-state index >= 15 is 0 Å². The van der Waals surface area contributed by atoms with Gasteiger partial charge in [0.2, 0.25) is 5.91 Å². The third-order valence-electron chi connectivity index (χ3n) is 4.20. The SMILES string of the molecule is Cc1cccc(C(O)CNC(=O)C2COc3ccc(F)cc3C2)c1. The highest BCUT2D eigenvalue weighted by atomic mass is 19.1. The Bertz CT molecular complexity index is 747. The number of halogens is 1. The van der Waals surface area contributed by atoms with Crippen molar-refractivity contribution in [2.24, 2.45) is 5.92 Å². The summed E-state index contributed by atoms with van der Waals surface area (Å²) in [5.41, 5.74) is 2.51. The predicted octanol–water partition coefficient (Wildman–Crippen LogP) is 2.54. The van der Waals surface area contributed by atoms with Gasteiger partial charge in [-0.3, -0.25) is 4.79 Å². The average Bonchev–Trinajstić information content (AvgIpc) is 2.58. The van der Waals surface area contributed by atoms with E-state index < -0.39 is 6.10 Å². The number of hydrogen-bond donors (Lipinski definition) is 2. The quantitative estimate of drug-likeness (QED) is 0.906. The Labute approximate surface area is 140 Å². The van der Waals surface area contributed by atoms with Crippen molar-refractivity contribution in [1.29, 1.82) is 0 Å². The molecule has 0 aromatic heterocycles. The molecule has 0 fully saturated rings. The van der Waals surface area contributed by atoms with Gasteiger partial charge in [-0.1, -0.05) is 29.8 Å². The van der Waals surface area contributed by atoms with E-state index in [9.17, 15) is 14.3 Å². The molecule has 0 saturated heterocycles. The van der Waals surface area contributed by atoms with Gasteiger partial charge >= 0.3 is 0 Å². The number of rotatable bonds is 4. The molecule has 5 heteroatoms. The fourth-order valence-corrected chi connectivity index (χ4v) is 2.87. The summed E-state index contributed by atoms with van der Waals surface area (Å²) in [6.45, 7) is 2.34. The lowest BCUT2D eigenvalue weighted by molar-refractivity contribution is -0.126. The zero-order chi connectivity index (χ0) is 17.1. The number of nitrogens with one attached hydrogen (secondary N) is 1. The van der Waals surface area contributed by atoms with E-state index in [0.29, 0.717) is 17.7 Å². The lowest BCUT2D eigenvalue weighted by atomic mass is 9.95. The van der Waals surface area contributed by atoms with Gasteiger partial charge in [-0.15, -0.1) is 0 Å². The molecular weight excluding hydrogens is 309 g/mol. The lowest BCUT2D eigenvalue weighted by Crippen LogP contribution is -2.39. The van der Waals surface area contributed by atoms with Crippen LogP contribution in [0.25, 0.3) is 0 Å². The molecule has 4 nitrogen and oxygen atoms in total. The second kappa shape index (κ2) is 7.01. The summed E-state index contributed by atoms with van der Waals surface area (Å²) in [7, 11) is 0. The van der Waals surface area contributed by atoms with Crippen LogP contribution >= 0.6 is 0 Å². The van der Waals surface area contributed by atoms with Gasteiger partial charge in [0.05, 0.1) is 12.0 Å². The summed E-state index contributed by atoms with van der Waals surface area (Å²) in [6, 6.07) is 11.9. The first-order valence-corrected chi connectivity index (χ1v) is 7.96. The Hall–Kier alpha value is -2.40. The van der Waals surface area contributed by atoms with Crippen LogP contribution in [0.3, 0.4) is 0 Å². The molecule has 126 valence electrons. The molecular formula is C19H20FNO3. The molecule has 24 heavy (non-hydrogen) atoms. The van der Waals surface area contributed by atoms with Crippen LogP contribution in [0.2, 0.25) is 0 Å². The monoisotopic (exact) mass is 329 g/mol. The van der Waals surface area contributed by atoms with Crippen molar-refractivity contribution in [2.75, 3.05) is 13.2 Å². The Kier molecular flexibility index (Phi) is 4.81. The summed E-state index contributed by atoms with van der Waals surface area (Å²) in [5, 5.41) is 12.9. The van der Waals surface area contributed by atoms with Crippen LogP contribution in [0.5, 0.6) is 5.75 Å². The number of aryl methyl sites for hydroxylation is 1. The van der Waals surface area contributed by atoms with Crippen LogP contribution in [0.15, 0.2) is 42.5 Å². The molecule has 0 saturated carbocycles. The topological polar surface area (TPSA) is 58.6 Å². The van der Waals surface area contributed by atoms with Crippen molar-refractivity contribution in [3.8, 4) is 5.75 Å². The summed E-state index contributed by atoms with van der Waals surface area (Å²) in [4.78, 5) is 12.3. The third-order valence-corrected chi connectivity index (χ3v) is 4.20. The fraction of sp³-hybridized carbons (Fsp3) is 0.316. The molecule has 2 atom stereocenters. The standard InChI is InChI=1S/C19H20FNO3/c1-12-3-2-4-13(7-12)17(22)10-21-19(23)15-8-14-9-16(20)5-6-18(14)24-11-15/h2-7,9,15,17,22H,8,10-11H2,1H3,(H,21,23). The lowest BCUT2D eigenvalue weighted by Gasteiger charge is -2.25. The number of benzene rings is 2. The second-order valence-electron chi connectivity index (χ2n) is 6.14. The van der Waals surface area contributed by atoms with Crippen molar-refractivity contribution >= 4 is 5.91 Å². The molecule has 0 aliphatic carbocycles. The summed E-state index contributed by atoms with van der Waals surface area (Å²) in [6.07, 6.45) is -0.331. The largest absolute Gasteiger partial charge is 0.492 e. The first-order valence-electron chi connectivity index (χ1n) is 7.96. The van der Waals surface area contributed by atoms with Crippen LogP contribution in [-0.2, 0) is 11.2 Å². The van der Waals surface area contributed by atoms with Gasteiger partial charge < -0.3 is 15.2 Å². The summed E-state index contributed by atoms with van der Waals surface area (Å²) in [5.74, 6) is -0.297. The molecule has 2 aromatic rings. The number of carbonyl (C=O) groups is 1. The zero-order valence-corrected chi connectivity index (χ0v) is 13.5. The minimum absolute atomic E-state index is 0.134. The number of fused-ring (bicyclic) bond motifs is 1. The van der Waals surface area contributed by atoms with E-state index in [-0.39, 0.29) is 30.8 Å². The van der Waals surface area contributed by atoms with Crippen molar-refractivity contribution in [2.45, 2.75) is 19.4 Å². The first kappa shape index (κ1) is 16.5. The predicted molar refractivity (Wildman–Crippen MR) is 88.2 cm³/mol. The van der Waals surface area contributed by atoms with Crippen molar-refractivity contribution in [3.05, 3.63) is 65.0 Å². The maximum atomic E-state index is 13.3. The highest BCUT2D eigenvalue weighted by molar-refractivity contribution is 5.79. The number of ether oxygens (including phenoxy) is 1. The molecule has 1 aliphatic rings. The molecule has 1 amide bonds. The van der Waals surface area contributed by atoms with Gasteiger partial charge in [-0.05, 0) is 42.7 Å². The maximum absolute atomic E-state index is 13.3. The number of hydrogen-bond acceptors (Lipinski definition) is 3. The molecule has 0 bridgehead atoms. The van der Waals surface area contributed by atoms with E-state index in [1.165, 1.54) is 12.1 Å². The smallest absolute Gasteiger partial charge is 0.226 e. The second-order valence-corrected chi connectivity index (χ2v) is 6.14. The number of aliphatic hydroxyl groups excluding tert-OH is 1. The van der Waals surface area contributed by atoms with Gasteiger partial charge in [-0.25, -0.2) is 4.39 Å². The van der Waals surface area contributed by atoms with Gasteiger partial charge in [-0.2, -0.15) is 0 Å². The Morgan fingerprint density at radius 3 is 3.00 bits per heavy atom. The minimum Gasteiger partial charge on any atom is -0.492 e. The van der Waals surface area contributed by atoms with Crippen LogP contribution in [0.1, 0.15) is 22.8 Å². The maximum Gasteiger partial charge on any atom is 0.226 e. The Morgan fingerprint density at radius 2 is 2.21 bits per heavy atom. The van der Waals surface area contributed by atoms with Crippen LogP contribution < -0.4 is 10.1 Å². The van der Waals surface area contributed by atoms with E-state index in [0.717, 1.165) is 11.1 Å². The summed E-state index contributed by atoms with van der Waals surface area (Å²) >= 11 is 0. The van der Waals surface area contributed by atoms with Crippen molar-refractivity contribution in [3.63, 3.8) is 0 Å². The van der Waals surface area contributed by atoms with Crippen LogP contribution in [-0.4, -0.2) is 24.2 Å². The molecule has 2 aromatic carbocycles. The normalized spacial score (nSPS) is 17.5. The van der Waals surface area contributed by atoms with E-state index in [2.05, 4.69) is 5.32 Å². The molecule has 2 N–H and O–H groups in total. The first-order chi connectivity index (χ1) is 11.5. The van der Waals surface area contributed by atoms with Gasteiger partial charge in [0.15, 0.2) is 0 Å². The fourth-order valence-electron chi connectivity index (χ4n) is 2.87. The number of amides is 1. The number of carbonyl (C=O) groups excluding carboxylic acids is 1. The van der Waals surface area contributed by atoms with Gasteiger partial charge in [0, 0.05) is 6.54 Å². The van der Waals surface area contributed by atoms with Gasteiger partial charge in [0.25, 0.3) is 0 Å². The highest BCUT2D eigenvalue weighted by Crippen LogP contribution is 2.28. The van der Waals surface area contributed by atoms with Crippen molar-refractivity contribution < 1.29 is 19.0 Å². The van der Waals surface area contributed by atoms with E-state index in [1.807, 2.05) is 31.2 Å². The molecule has 2 unspecified atom stereocenters. The number of aliphatic hydroxyl groups is 1. The van der Waals surface area contributed by atoms with E-state index in [4.69, 9.17) is 4.74 Å². The van der Waals surface area contributed by atoms with Crippen LogP contribution in [0, 0.1) is 18.7 Å².